The first-order valence-electron chi connectivity index (χ1n) is 11.9. The summed E-state index contributed by atoms with van der Waals surface area (Å²) < 4.78 is 0. The van der Waals surface area contributed by atoms with Crippen molar-refractivity contribution in [3.05, 3.63) is 23.3 Å². The van der Waals surface area contributed by atoms with Crippen LogP contribution in [-0.4, -0.2) is 23.4 Å². The Morgan fingerprint density at radius 2 is 1.18 bits per heavy atom. The molecule has 0 aromatic rings. The molecule has 0 aliphatic carbocycles. The van der Waals surface area contributed by atoms with E-state index in [2.05, 4.69) is 53.7 Å². The number of aliphatic hydroxyl groups excluding tert-OH is 2. The maximum atomic E-state index is 9.20. The fraction of sp³-hybridized carbons (Fsp3) is 0.846. The van der Waals surface area contributed by atoms with E-state index >= 15 is 0 Å². The van der Waals surface area contributed by atoms with E-state index in [1.54, 1.807) is 0 Å². The van der Waals surface area contributed by atoms with E-state index in [0.717, 1.165) is 19.3 Å². The smallest absolute Gasteiger partial charge is 0.0462 e. The lowest BCUT2D eigenvalue weighted by molar-refractivity contribution is 0.208. The highest BCUT2D eigenvalue weighted by atomic mass is 16.3. The molecule has 2 N–H and O–H groups in total. The highest BCUT2D eigenvalue weighted by Crippen LogP contribution is 2.19. The second-order valence-corrected chi connectivity index (χ2v) is 8.46. The molecule has 0 saturated heterocycles. The Bertz CT molecular complexity index is 371. The van der Waals surface area contributed by atoms with Crippen molar-refractivity contribution in [2.45, 2.75) is 119 Å². The number of unbranched alkanes of at least 4 members (excludes halogenated alkanes) is 5. The van der Waals surface area contributed by atoms with Gasteiger partial charge in [-0.1, -0.05) is 82.1 Å². The lowest BCUT2D eigenvalue weighted by Crippen LogP contribution is -2.06. The molecule has 0 aromatic heterocycles. The van der Waals surface area contributed by atoms with E-state index in [4.69, 9.17) is 0 Å². The van der Waals surface area contributed by atoms with Crippen LogP contribution < -0.4 is 0 Å². The summed E-state index contributed by atoms with van der Waals surface area (Å²) in [4.78, 5) is 0. The molecule has 0 aliphatic heterocycles. The van der Waals surface area contributed by atoms with Gasteiger partial charge in [-0.05, 0) is 71.6 Å². The van der Waals surface area contributed by atoms with Crippen LogP contribution in [0.2, 0.25) is 0 Å². The van der Waals surface area contributed by atoms with Crippen LogP contribution in [0.3, 0.4) is 0 Å². The Balaban J connectivity index is 0. The SMILES string of the molecule is CC=C(C)CC(CO)CCCCCC.CC=C(C)CCC(CO)CCCCC. The summed E-state index contributed by atoms with van der Waals surface area (Å²) in [5.41, 5.74) is 2.85. The molecule has 2 unspecified atom stereocenters. The first-order valence-corrected chi connectivity index (χ1v) is 11.9. The van der Waals surface area contributed by atoms with Crippen LogP contribution in [0.15, 0.2) is 23.3 Å². The molecule has 2 heteroatoms. The Hall–Kier alpha value is -0.600. The summed E-state index contributed by atoms with van der Waals surface area (Å²) in [7, 11) is 0. The van der Waals surface area contributed by atoms with Crippen molar-refractivity contribution in [3.63, 3.8) is 0 Å². The molecule has 0 amide bonds. The highest BCUT2D eigenvalue weighted by molar-refractivity contribution is 4.97. The third-order valence-corrected chi connectivity index (χ3v) is 5.74. The third kappa shape index (κ3) is 20.1. The molecule has 0 aromatic carbocycles. The zero-order valence-corrected chi connectivity index (χ0v) is 20.1. The maximum Gasteiger partial charge on any atom is 0.0462 e. The molecule has 0 bridgehead atoms. The molecule has 0 fully saturated rings. The van der Waals surface area contributed by atoms with Crippen molar-refractivity contribution in [2.24, 2.45) is 11.8 Å². The Labute approximate surface area is 177 Å². The van der Waals surface area contributed by atoms with Crippen molar-refractivity contribution in [1.29, 1.82) is 0 Å². The van der Waals surface area contributed by atoms with E-state index in [9.17, 15) is 10.2 Å². The fourth-order valence-corrected chi connectivity index (χ4v) is 3.28. The second-order valence-electron chi connectivity index (χ2n) is 8.46. The summed E-state index contributed by atoms with van der Waals surface area (Å²) in [6.07, 6.45) is 19.1. The number of hydrogen-bond acceptors (Lipinski definition) is 2. The van der Waals surface area contributed by atoms with Gasteiger partial charge in [0.1, 0.15) is 0 Å². The lowest BCUT2D eigenvalue weighted by Gasteiger charge is -2.13. The zero-order valence-electron chi connectivity index (χ0n) is 20.1. The van der Waals surface area contributed by atoms with Gasteiger partial charge in [-0.15, -0.1) is 0 Å². The van der Waals surface area contributed by atoms with Crippen molar-refractivity contribution in [2.75, 3.05) is 13.2 Å². The van der Waals surface area contributed by atoms with Gasteiger partial charge in [0.2, 0.25) is 0 Å². The molecule has 168 valence electrons. The topological polar surface area (TPSA) is 40.5 Å². The summed E-state index contributed by atoms with van der Waals surface area (Å²) in [5, 5.41) is 18.4. The van der Waals surface area contributed by atoms with Gasteiger partial charge < -0.3 is 10.2 Å². The third-order valence-electron chi connectivity index (χ3n) is 5.74. The first-order chi connectivity index (χ1) is 13.5. The van der Waals surface area contributed by atoms with Crippen LogP contribution in [0.25, 0.3) is 0 Å². The first kappa shape index (κ1) is 29.6. The normalized spacial score (nSPS) is 14.4. The predicted molar refractivity (Wildman–Crippen MR) is 127 cm³/mol. The van der Waals surface area contributed by atoms with Crippen LogP contribution in [-0.2, 0) is 0 Å². The van der Waals surface area contributed by atoms with Crippen LogP contribution in [0.5, 0.6) is 0 Å². The highest BCUT2D eigenvalue weighted by Gasteiger charge is 2.07. The monoisotopic (exact) mass is 396 g/mol. The van der Waals surface area contributed by atoms with Crippen molar-refractivity contribution in [1.82, 2.24) is 0 Å². The zero-order chi connectivity index (χ0) is 21.6. The van der Waals surface area contributed by atoms with E-state index in [-0.39, 0.29) is 0 Å². The van der Waals surface area contributed by atoms with Crippen LogP contribution in [0.4, 0.5) is 0 Å². The Morgan fingerprint density at radius 3 is 1.68 bits per heavy atom. The summed E-state index contributed by atoms with van der Waals surface area (Å²) in [5.74, 6) is 1.01. The van der Waals surface area contributed by atoms with E-state index in [1.165, 1.54) is 68.9 Å². The van der Waals surface area contributed by atoms with Gasteiger partial charge in [0, 0.05) is 13.2 Å². The molecule has 0 saturated carbocycles. The number of hydrogen-bond donors (Lipinski definition) is 2. The Morgan fingerprint density at radius 1 is 0.679 bits per heavy atom. The molecule has 2 nitrogen and oxygen atoms in total. The summed E-state index contributed by atoms with van der Waals surface area (Å²) >= 11 is 0. The lowest BCUT2D eigenvalue weighted by atomic mass is 9.95. The number of rotatable bonds is 16. The van der Waals surface area contributed by atoms with Gasteiger partial charge in [-0.25, -0.2) is 0 Å². The molecule has 0 heterocycles. The largest absolute Gasteiger partial charge is 0.396 e. The van der Waals surface area contributed by atoms with Gasteiger partial charge in [0.05, 0.1) is 0 Å². The summed E-state index contributed by atoms with van der Waals surface area (Å²) in [6.45, 7) is 13.6. The van der Waals surface area contributed by atoms with Gasteiger partial charge >= 0.3 is 0 Å². The molecule has 0 radical (unpaired) electrons. The fourth-order valence-electron chi connectivity index (χ4n) is 3.28. The molecule has 28 heavy (non-hydrogen) atoms. The predicted octanol–water partition coefficient (Wildman–Crippen LogP) is 7.84. The van der Waals surface area contributed by atoms with Crippen molar-refractivity contribution >= 4 is 0 Å². The average Bonchev–Trinajstić information content (AvgIpc) is 2.72. The van der Waals surface area contributed by atoms with E-state index < -0.39 is 0 Å². The maximum absolute atomic E-state index is 9.20. The Kier molecular flexibility index (Phi) is 24.0. The van der Waals surface area contributed by atoms with Crippen LogP contribution in [0.1, 0.15) is 119 Å². The molecular formula is C26H52O2. The minimum Gasteiger partial charge on any atom is -0.396 e. The molecular weight excluding hydrogens is 344 g/mol. The van der Waals surface area contributed by atoms with Gasteiger partial charge in [-0.3, -0.25) is 0 Å². The van der Waals surface area contributed by atoms with E-state index in [0.29, 0.717) is 25.0 Å². The van der Waals surface area contributed by atoms with Gasteiger partial charge in [0.15, 0.2) is 0 Å². The molecule has 0 spiro atoms. The average molecular weight is 397 g/mol. The number of allylic oxidation sites excluding steroid dienone is 4. The van der Waals surface area contributed by atoms with E-state index in [1.807, 2.05) is 0 Å². The van der Waals surface area contributed by atoms with Gasteiger partial charge in [0.25, 0.3) is 0 Å². The van der Waals surface area contributed by atoms with Gasteiger partial charge in [-0.2, -0.15) is 0 Å². The number of aliphatic hydroxyl groups is 2. The molecule has 0 rings (SSSR count). The molecule has 2 atom stereocenters. The van der Waals surface area contributed by atoms with Crippen molar-refractivity contribution in [3.8, 4) is 0 Å². The minimum absolute atomic E-state index is 0.345. The van der Waals surface area contributed by atoms with Crippen LogP contribution >= 0.6 is 0 Å². The standard InChI is InChI=1S/2C13H26O/c1-4-6-7-8-13(11-14)10-9-12(3)5-2;1-4-6-7-8-9-13(11-14)10-12(3)5-2/h2*5,13-14H,4,6-11H2,1-3H3. The van der Waals surface area contributed by atoms with Crippen LogP contribution in [0, 0.1) is 11.8 Å². The second kappa shape index (κ2) is 22.7. The molecule has 0 aliphatic rings. The summed E-state index contributed by atoms with van der Waals surface area (Å²) in [6, 6.07) is 0. The minimum atomic E-state index is 0.345. The quantitative estimate of drug-likeness (QED) is 0.206. The van der Waals surface area contributed by atoms with Crippen molar-refractivity contribution < 1.29 is 10.2 Å².